The second-order valence-corrected chi connectivity index (χ2v) is 3.22. The monoisotopic (exact) mass is 251 g/mol. The van der Waals surface area contributed by atoms with Crippen LogP contribution in [-0.2, 0) is 6.18 Å². The molecule has 98 valence electrons. The van der Waals surface area contributed by atoms with Crippen molar-refractivity contribution in [3.63, 3.8) is 0 Å². The Morgan fingerprint density at radius 1 is 1.18 bits per heavy atom. The lowest BCUT2D eigenvalue weighted by molar-refractivity contribution is -0.140. The summed E-state index contributed by atoms with van der Waals surface area (Å²) in [7, 11) is 1.56. The van der Waals surface area contributed by atoms with Crippen LogP contribution in [0.4, 0.5) is 17.6 Å². The standard InChI is InChI=1S/C10H11F4N.C2H6/c1-6(15-2)7-4-3-5-8(9(7)11)10(12,13)14;1-2/h3-6,15H,1-2H3;1-2H3/t6-;/m1./s1. The molecule has 0 bridgehead atoms. The summed E-state index contributed by atoms with van der Waals surface area (Å²) in [6, 6.07) is 2.83. The van der Waals surface area contributed by atoms with Gasteiger partial charge in [0.15, 0.2) is 0 Å². The number of alkyl halides is 3. The highest BCUT2D eigenvalue weighted by atomic mass is 19.4. The van der Waals surface area contributed by atoms with Crippen molar-refractivity contribution >= 4 is 0 Å². The minimum Gasteiger partial charge on any atom is -0.313 e. The van der Waals surface area contributed by atoms with Gasteiger partial charge in [-0.05, 0) is 20.0 Å². The molecule has 0 aromatic heterocycles. The van der Waals surface area contributed by atoms with Crippen LogP contribution in [0.2, 0.25) is 0 Å². The van der Waals surface area contributed by atoms with E-state index in [2.05, 4.69) is 5.32 Å². The summed E-state index contributed by atoms with van der Waals surface area (Å²) in [5, 5.41) is 2.69. The molecule has 17 heavy (non-hydrogen) atoms. The van der Waals surface area contributed by atoms with E-state index < -0.39 is 23.6 Å². The normalized spacial score (nSPS) is 12.7. The van der Waals surface area contributed by atoms with Crippen LogP contribution in [0.25, 0.3) is 0 Å². The zero-order valence-corrected chi connectivity index (χ0v) is 10.3. The van der Waals surface area contributed by atoms with Gasteiger partial charge < -0.3 is 5.32 Å². The maximum atomic E-state index is 13.4. The Labute approximate surface area is 98.8 Å². The minimum atomic E-state index is -4.65. The first-order valence-corrected chi connectivity index (χ1v) is 5.40. The summed E-state index contributed by atoms with van der Waals surface area (Å²) >= 11 is 0. The number of rotatable bonds is 2. The van der Waals surface area contributed by atoms with Gasteiger partial charge in [0.2, 0.25) is 0 Å². The summed E-state index contributed by atoms with van der Waals surface area (Å²) in [5.74, 6) is -1.20. The number of nitrogens with one attached hydrogen (secondary N) is 1. The SMILES string of the molecule is CC.CN[C@H](C)c1cccc(C(F)(F)F)c1F. The fourth-order valence-corrected chi connectivity index (χ4v) is 1.26. The molecule has 1 N–H and O–H groups in total. The van der Waals surface area contributed by atoms with Gasteiger partial charge in [-0.15, -0.1) is 0 Å². The van der Waals surface area contributed by atoms with E-state index in [0.717, 1.165) is 6.07 Å². The topological polar surface area (TPSA) is 12.0 Å². The second kappa shape index (κ2) is 6.59. The van der Waals surface area contributed by atoms with Crippen LogP contribution in [0.1, 0.15) is 37.9 Å². The number of halogens is 4. The van der Waals surface area contributed by atoms with E-state index in [4.69, 9.17) is 0 Å². The molecule has 0 unspecified atom stereocenters. The Hall–Kier alpha value is -1.10. The van der Waals surface area contributed by atoms with Gasteiger partial charge in [-0.25, -0.2) is 4.39 Å². The Balaban J connectivity index is 0.00000121. The average Bonchev–Trinajstić information content (AvgIpc) is 2.29. The van der Waals surface area contributed by atoms with Crippen molar-refractivity contribution < 1.29 is 17.6 Å². The molecular weight excluding hydrogens is 234 g/mol. The Morgan fingerprint density at radius 3 is 2.12 bits per heavy atom. The molecule has 0 aliphatic carbocycles. The fraction of sp³-hybridized carbons (Fsp3) is 0.500. The van der Waals surface area contributed by atoms with Gasteiger partial charge in [-0.3, -0.25) is 0 Å². The molecule has 0 saturated carbocycles. The first-order chi connectivity index (χ1) is 7.88. The maximum absolute atomic E-state index is 13.4. The zero-order chi connectivity index (χ0) is 13.6. The molecule has 0 aliphatic rings. The number of hydrogen-bond donors (Lipinski definition) is 1. The summed E-state index contributed by atoms with van der Waals surface area (Å²) in [6.45, 7) is 5.60. The molecule has 0 heterocycles. The second-order valence-electron chi connectivity index (χ2n) is 3.22. The van der Waals surface area contributed by atoms with E-state index in [0.29, 0.717) is 0 Å². The quantitative estimate of drug-likeness (QED) is 0.778. The largest absolute Gasteiger partial charge is 0.419 e. The van der Waals surface area contributed by atoms with Crippen LogP contribution in [0.3, 0.4) is 0 Å². The lowest BCUT2D eigenvalue weighted by Crippen LogP contribution is -2.17. The van der Waals surface area contributed by atoms with Gasteiger partial charge in [0.05, 0.1) is 5.56 Å². The predicted molar refractivity (Wildman–Crippen MR) is 60.2 cm³/mol. The summed E-state index contributed by atoms with van der Waals surface area (Å²) in [6.07, 6.45) is -4.65. The van der Waals surface area contributed by atoms with Crippen molar-refractivity contribution in [2.24, 2.45) is 0 Å². The maximum Gasteiger partial charge on any atom is 0.419 e. The van der Waals surface area contributed by atoms with Crippen molar-refractivity contribution in [3.05, 3.63) is 35.1 Å². The van der Waals surface area contributed by atoms with Gasteiger partial charge in [0.1, 0.15) is 5.82 Å². The van der Waals surface area contributed by atoms with Gasteiger partial charge in [0.25, 0.3) is 0 Å². The number of benzene rings is 1. The summed E-state index contributed by atoms with van der Waals surface area (Å²) < 4.78 is 50.5. The van der Waals surface area contributed by atoms with E-state index in [1.54, 1.807) is 14.0 Å². The van der Waals surface area contributed by atoms with Crippen LogP contribution in [0.5, 0.6) is 0 Å². The molecule has 0 spiro atoms. The highest BCUT2D eigenvalue weighted by Gasteiger charge is 2.35. The Bertz CT molecular complexity index is 347. The first kappa shape index (κ1) is 15.9. The molecule has 1 rings (SSSR count). The van der Waals surface area contributed by atoms with Gasteiger partial charge in [-0.1, -0.05) is 26.0 Å². The van der Waals surface area contributed by atoms with Crippen molar-refractivity contribution in [2.45, 2.75) is 33.0 Å². The molecule has 0 saturated heterocycles. The third-order valence-electron chi connectivity index (χ3n) is 2.23. The molecule has 0 fully saturated rings. The van der Waals surface area contributed by atoms with Crippen LogP contribution in [-0.4, -0.2) is 7.05 Å². The molecule has 0 aliphatic heterocycles. The first-order valence-electron chi connectivity index (χ1n) is 5.40. The Kier molecular flexibility index (Phi) is 6.16. The average molecular weight is 251 g/mol. The molecule has 1 aromatic rings. The minimum absolute atomic E-state index is 0.0207. The van der Waals surface area contributed by atoms with Crippen molar-refractivity contribution in [3.8, 4) is 0 Å². The Morgan fingerprint density at radius 2 is 1.71 bits per heavy atom. The van der Waals surface area contributed by atoms with Crippen LogP contribution in [0.15, 0.2) is 18.2 Å². The molecular formula is C12H17F4N. The summed E-state index contributed by atoms with van der Waals surface area (Å²) in [5.41, 5.74) is -1.20. The third kappa shape index (κ3) is 4.00. The predicted octanol–water partition coefficient (Wildman–Crippen LogP) is 4.15. The van der Waals surface area contributed by atoms with Crippen LogP contribution >= 0.6 is 0 Å². The van der Waals surface area contributed by atoms with E-state index in [-0.39, 0.29) is 5.56 Å². The molecule has 5 heteroatoms. The van der Waals surface area contributed by atoms with Crippen molar-refractivity contribution in [2.75, 3.05) is 7.05 Å². The molecule has 1 aromatic carbocycles. The lowest BCUT2D eigenvalue weighted by atomic mass is 10.0. The van der Waals surface area contributed by atoms with Crippen LogP contribution in [0, 0.1) is 5.82 Å². The third-order valence-corrected chi connectivity index (χ3v) is 2.23. The molecule has 0 amide bonds. The van der Waals surface area contributed by atoms with Gasteiger partial charge >= 0.3 is 6.18 Å². The van der Waals surface area contributed by atoms with E-state index in [1.165, 1.54) is 12.1 Å². The highest BCUT2D eigenvalue weighted by molar-refractivity contribution is 5.30. The van der Waals surface area contributed by atoms with Gasteiger partial charge in [-0.2, -0.15) is 13.2 Å². The van der Waals surface area contributed by atoms with E-state index in [9.17, 15) is 17.6 Å². The summed E-state index contributed by atoms with van der Waals surface area (Å²) in [4.78, 5) is 0. The number of hydrogen-bond acceptors (Lipinski definition) is 1. The highest BCUT2D eigenvalue weighted by Crippen LogP contribution is 2.33. The molecule has 0 radical (unpaired) electrons. The van der Waals surface area contributed by atoms with Gasteiger partial charge in [0, 0.05) is 11.6 Å². The smallest absolute Gasteiger partial charge is 0.313 e. The van der Waals surface area contributed by atoms with E-state index in [1.807, 2.05) is 13.8 Å². The van der Waals surface area contributed by atoms with Crippen LogP contribution < -0.4 is 5.32 Å². The molecule has 1 nitrogen and oxygen atoms in total. The van der Waals surface area contributed by atoms with E-state index >= 15 is 0 Å². The van der Waals surface area contributed by atoms with Crippen molar-refractivity contribution in [1.82, 2.24) is 5.32 Å². The fourth-order valence-electron chi connectivity index (χ4n) is 1.26. The molecule has 1 atom stereocenters. The lowest BCUT2D eigenvalue weighted by Gasteiger charge is -2.15. The zero-order valence-electron chi connectivity index (χ0n) is 10.3. The van der Waals surface area contributed by atoms with Crippen molar-refractivity contribution in [1.29, 1.82) is 0 Å².